The monoisotopic (exact) mass is 465 g/mol. The molecular weight excluding hydrogens is 440 g/mol. The Balaban J connectivity index is 1.44. The maximum Gasteiger partial charge on any atom is 0.254 e. The van der Waals surface area contributed by atoms with Gasteiger partial charge >= 0.3 is 0 Å². The molecule has 0 aliphatic carbocycles. The fraction of sp³-hybridized carbons (Fsp3) is 0.364. The zero-order chi connectivity index (χ0) is 23.1. The second kappa shape index (κ2) is 10.6. The molecule has 1 aliphatic rings. The van der Waals surface area contributed by atoms with Gasteiger partial charge < -0.3 is 10.6 Å². The lowest BCUT2D eigenvalue weighted by molar-refractivity contribution is -0.116. The van der Waals surface area contributed by atoms with Crippen molar-refractivity contribution >= 4 is 27.5 Å². The van der Waals surface area contributed by atoms with Crippen LogP contribution in [0.1, 0.15) is 42.5 Å². The van der Waals surface area contributed by atoms with Gasteiger partial charge in [-0.3, -0.25) is 9.59 Å². The first-order valence-electron chi connectivity index (χ1n) is 10.4. The number of rotatable bonds is 8. The van der Waals surface area contributed by atoms with E-state index < -0.39 is 27.6 Å². The number of nitrogens with zero attached hydrogens (tertiary/aromatic N) is 1. The fourth-order valence-electron chi connectivity index (χ4n) is 3.41. The Morgan fingerprint density at radius 3 is 2.31 bits per heavy atom. The summed E-state index contributed by atoms with van der Waals surface area (Å²) in [5.41, 5.74) is 0.195. The number of hydrogen-bond acceptors (Lipinski definition) is 4. The predicted octanol–water partition coefficient (Wildman–Crippen LogP) is 3.29. The minimum Gasteiger partial charge on any atom is -0.352 e. The van der Waals surface area contributed by atoms with Gasteiger partial charge in [0.25, 0.3) is 5.91 Å². The highest BCUT2D eigenvalue weighted by atomic mass is 32.2. The van der Waals surface area contributed by atoms with Crippen molar-refractivity contribution in [3.8, 4) is 0 Å². The summed E-state index contributed by atoms with van der Waals surface area (Å²) in [7, 11) is -3.53. The molecule has 0 atom stereocenters. The van der Waals surface area contributed by atoms with Crippen LogP contribution in [0.25, 0.3) is 0 Å². The second-order valence-corrected chi connectivity index (χ2v) is 9.46. The molecule has 172 valence electrons. The second-order valence-electron chi connectivity index (χ2n) is 7.52. The normalized spacial score (nSPS) is 14.7. The number of carbonyl (C=O) groups is 2. The first kappa shape index (κ1) is 23.8. The van der Waals surface area contributed by atoms with Crippen molar-refractivity contribution in [3.05, 3.63) is 59.7 Å². The molecule has 0 unspecified atom stereocenters. The molecule has 1 heterocycles. The van der Waals surface area contributed by atoms with Crippen LogP contribution in [0.3, 0.4) is 0 Å². The third-order valence-electron chi connectivity index (χ3n) is 5.13. The van der Waals surface area contributed by atoms with E-state index in [1.165, 1.54) is 28.6 Å². The molecule has 2 aromatic carbocycles. The first-order chi connectivity index (χ1) is 15.3. The molecular formula is C22H25F2N3O4S. The molecule has 3 rings (SSSR count). The van der Waals surface area contributed by atoms with Crippen LogP contribution < -0.4 is 10.6 Å². The van der Waals surface area contributed by atoms with Crippen molar-refractivity contribution < 1.29 is 26.8 Å². The van der Waals surface area contributed by atoms with Gasteiger partial charge in [-0.2, -0.15) is 4.31 Å². The summed E-state index contributed by atoms with van der Waals surface area (Å²) in [5.74, 6) is -2.72. The van der Waals surface area contributed by atoms with Gasteiger partial charge in [-0.05, 0) is 55.7 Å². The van der Waals surface area contributed by atoms with E-state index in [4.69, 9.17) is 0 Å². The van der Waals surface area contributed by atoms with Crippen LogP contribution in [0.2, 0.25) is 0 Å². The number of piperidine rings is 1. The molecule has 7 nitrogen and oxygen atoms in total. The number of anilines is 1. The Kier molecular flexibility index (Phi) is 7.92. The number of hydrogen-bond donors (Lipinski definition) is 2. The summed E-state index contributed by atoms with van der Waals surface area (Å²) in [4.78, 5) is 24.2. The van der Waals surface area contributed by atoms with Crippen LogP contribution in [-0.4, -0.2) is 44.2 Å². The minimum atomic E-state index is -3.53. The first-order valence-corrected chi connectivity index (χ1v) is 11.8. The molecule has 10 heteroatoms. The summed E-state index contributed by atoms with van der Waals surface area (Å²) in [6.45, 7) is 1.17. The van der Waals surface area contributed by atoms with E-state index in [0.717, 1.165) is 31.4 Å². The van der Waals surface area contributed by atoms with Crippen molar-refractivity contribution in [1.82, 2.24) is 9.62 Å². The molecule has 0 spiro atoms. The lowest BCUT2D eigenvalue weighted by Crippen LogP contribution is -2.35. The standard InChI is InChI=1S/C22H25F2N3O4S/c23-16-6-11-19(20(24)15-16)22(29)25-12-4-5-21(28)26-17-7-9-18(10-8-17)32(30,31)27-13-2-1-3-14-27/h6-11,15H,1-5,12-14H2,(H,25,29)(H,26,28). The number of benzene rings is 2. The van der Waals surface area contributed by atoms with Gasteiger partial charge in [-0.25, -0.2) is 17.2 Å². The molecule has 0 aromatic heterocycles. The molecule has 1 fully saturated rings. The number of carbonyl (C=O) groups excluding carboxylic acids is 2. The Bertz CT molecular complexity index is 1070. The van der Waals surface area contributed by atoms with E-state index in [0.29, 0.717) is 31.3 Å². The van der Waals surface area contributed by atoms with Crippen molar-refractivity contribution in [1.29, 1.82) is 0 Å². The third kappa shape index (κ3) is 6.10. The maximum absolute atomic E-state index is 13.6. The highest BCUT2D eigenvalue weighted by molar-refractivity contribution is 7.89. The van der Waals surface area contributed by atoms with E-state index >= 15 is 0 Å². The summed E-state index contributed by atoms with van der Waals surface area (Å²) < 4.78 is 53.3. The van der Waals surface area contributed by atoms with E-state index in [-0.39, 0.29) is 29.3 Å². The Morgan fingerprint density at radius 2 is 1.66 bits per heavy atom. The minimum absolute atomic E-state index is 0.0972. The molecule has 1 aliphatic heterocycles. The SMILES string of the molecule is O=C(CCCNC(=O)c1ccc(F)cc1F)Nc1ccc(S(=O)(=O)N2CCCCC2)cc1. The molecule has 32 heavy (non-hydrogen) atoms. The van der Waals surface area contributed by atoms with Gasteiger partial charge in [0, 0.05) is 37.8 Å². The molecule has 0 saturated carbocycles. The lowest BCUT2D eigenvalue weighted by Gasteiger charge is -2.25. The van der Waals surface area contributed by atoms with Crippen LogP contribution >= 0.6 is 0 Å². The fourth-order valence-corrected chi connectivity index (χ4v) is 4.92. The molecule has 1 saturated heterocycles. The summed E-state index contributed by atoms with van der Waals surface area (Å²) in [6, 6.07) is 8.69. The molecule has 2 amide bonds. The number of nitrogens with one attached hydrogen (secondary N) is 2. The Labute approximate surface area is 185 Å². The quantitative estimate of drug-likeness (QED) is 0.585. The molecule has 0 radical (unpaired) electrons. The third-order valence-corrected chi connectivity index (χ3v) is 7.05. The van der Waals surface area contributed by atoms with E-state index in [9.17, 15) is 26.8 Å². The average Bonchev–Trinajstić information content (AvgIpc) is 2.77. The van der Waals surface area contributed by atoms with Gasteiger partial charge in [0.2, 0.25) is 15.9 Å². The Morgan fingerprint density at radius 1 is 0.969 bits per heavy atom. The van der Waals surface area contributed by atoms with Crippen LogP contribution in [0.15, 0.2) is 47.4 Å². The van der Waals surface area contributed by atoms with Gasteiger partial charge in [0.05, 0.1) is 10.5 Å². The van der Waals surface area contributed by atoms with Crippen LogP contribution in [-0.2, 0) is 14.8 Å². The van der Waals surface area contributed by atoms with E-state index in [1.54, 1.807) is 0 Å². The highest BCUT2D eigenvalue weighted by Crippen LogP contribution is 2.22. The largest absolute Gasteiger partial charge is 0.352 e. The predicted molar refractivity (Wildman–Crippen MR) is 116 cm³/mol. The number of halogens is 2. The van der Waals surface area contributed by atoms with E-state index in [2.05, 4.69) is 10.6 Å². The van der Waals surface area contributed by atoms with Crippen molar-refractivity contribution in [3.63, 3.8) is 0 Å². The topological polar surface area (TPSA) is 95.6 Å². The van der Waals surface area contributed by atoms with E-state index in [1.807, 2.05) is 0 Å². The molecule has 0 bridgehead atoms. The van der Waals surface area contributed by atoms with Crippen molar-refractivity contribution in [2.24, 2.45) is 0 Å². The summed E-state index contributed by atoms with van der Waals surface area (Å²) in [5, 5.41) is 5.15. The van der Waals surface area contributed by atoms with Gasteiger partial charge in [-0.1, -0.05) is 6.42 Å². The summed E-state index contributed by atoms with van der Waals surface area (Å²) >= 11 is 0. The van der Waals surface area contributed by atoms with Gasteiger partial charge in [0.1, 0.15) is 11.6 Å². The number of amides is 2. The number of sulfonamides is 1. The summed E-state index contributed by atoms with van der Waals surface area (Å²) in [6.07, 6.45) is 3.14. The zero-order valence-electron chi connectivity index (χ0n) is 17.4. The molecule has 2 aromatic rings. The smallest absolute Gasteiger partial charge is 0.254 e. The average molecular weight is 466 g/mol. The zero-order valence-corrected chi connectivity index (χ0v) is 18.3. The van der Waals surface area contributed by atoms with Crippen LogP contribution in [0.4, 0.5) is 14.5 Å². The molecule has 2 N–H and O–H groups in total. The maximum atomic E-state index is 13.6. The Hall–Kier alpha value is -2.85. The van der Waals surface area contributed by atoms with Crippen molar-refractivity contribution in [2.45, 2.75) is 37.0 Å². The highest BCUT2D eigenvalue weighted by Gasteiger charge is 2.25. The van der Waals surface area contributed by atoms with Crippen LogP contribution in [0, 0.1) is 11.6 Å². The van der Waals surface area contributed by atoms with Gasteiger partial charge in [-0.15, -0.1) is 0 Å². The lowest BCUT2D eigenvalue weighted by atomic mass is 10.2. The van der Waals surface area contributed by atoms with Crippen molar-refractivity contribution in [2.75, 3.05) is 25.0 Å². The van der Waals surface area contributed by atoms with Crippen LogP contribution in [0.5, 0.6) is 0 Å². The van der Waals surface area contributed by atoms with Gasteiger partial charge in [0.15, 0.2) is 0 Å².